The predicted octanol–water partition coefficient (Wildman–Crippen LogP) is 1.15. The highest BCUT2D eigenvalue weighted by molar-refractivity contribution is 7.08. The Bertz CT molecular complexity index is 684. The normalized spacial score (nSPS) is 25.5. The second-order valence-corrected chi connectivity index (χ2v) is 6.21. The number of H-pyrrole nitrogens is 1. The van der Waals surface area contributed by atoms with Crippen molar-refractivity contribution in [3.63, 3.8) is 0 Å². The molecule has 2 aliphatic rings. The summed E-state index contributed by atoms with van der Waals surface area (Å²) < 4.78 is 4.48. The van der Waals surface area contributed by atoms with E-state index in [1.165, 1.54) is 5.56 Å². The average Bonchev–Trinajstić information content (AvgIpc) is 2.80. The first kappa shape index (κ1) is 11.9. The molecular formula is C13H13N3O3S. The summed E-state index contributed by atoms with van der Waals surface area (Å²) in [5.41, 5.74) is 1.28. The highest BCUT2D eigenvalue weighted by Gasteiger charge is 2.48. The first-order valence-corrected chi connectivity index (χ1v) is 7.53. The van der Waals surface area contributed by atoms with Crippen molar-refractivity contribution >= 4 is 17.2 Å². The van der Waals surface area contributed by atoms with Gasteiger partial charge in [-0.25, -0.2) is 4.79 Å². The van der Waals surface area contributed by atoms with Crippen molar-refractivity contribution in [1.82, 2.24) is 15.0 Å². The second kappa shape index (κ2) is 4.31. The van der Waals surface area contributed by atoms with Gasteiger partial charge in [-0.1, -0.05) is 5.16 Å². The molecule has 1 saturated carbocycles. The number of hydrogen-bond acceptors (Lipinski definition) is 5. The molecule has 1 N–H and O–H groups in total. The van der Waals surface area contributed by atoms with Crippen LogP contribution in [0.4, 0.5) is 0 Å². The maximum Gasteiger partial charge on any atom is 0.438 e. The van der Waals surface area contributed by atoms with Gasteiger partial charge in [0.1, 0.15) is 0 Å². The van der Waals surface area contributed by atoms with Crippen LogP contribution in [0.3, 0.4) is 0 Å². The van der Waals surface area contributed by atoms with E-state index in [1.54, 1.807) is 11.3 Å². The fourth-order valence-electron chi connectivity index (χ4n) is 2.81. The Morgan fingerprint density at radius 1 is 1.50 bits per heavy atom. The number of rotatable bonds is 3. The van der Waals surface area contributed by atoms with Crippen LogP contribution in [0.5, 0.6) is 0 Å². The molecule has 104 valence electrons. The molecule has 0 spiro atoms. The number of carbonyl (C=O) groups is 1. The van der Waals surface area contributed by atoms with Gasteiger partial charge < -0.3 is 4.90 Å². The van der Waals surface area contributed by atoms with E-state index in [9.17, 15) is 9.59 Å². The van der Waals surface area contributed by atoms with Crippen molar-refractivity contribution in [2.24, 2.45) is 5.92 Å². The maximum atomic E-state index is 12.3. The molecule has 7 heteroatoms. The van der Waals surface area contributed by atoms with Crippen LogP contribution in [0.15, 0.2) is 26.1 Å². The Labute approximate surface area is 118 Å². The minimum Gasteiger partial charge on any atom is -0.341 e. The monoisotopic (exact) mass is 291 g/mol. The van der Waals surface area contributed by atoms with Gasteiger partial charge in [-0.3, -0.25) is 14.3 Å². The van der Waals surface area contributed by atoms with Gasteiger partial charge >= 0.3 is 5.76 Å². The Morgan fingerprint density at radius 3 is 3.00 bits per heavy atom. The zero-order valence-electron chi connectivity index (χ0n) is 10.6. The summed E-state index contributed by atoms with van der Waals surface area (Å²) in [6.45, 7) is 1.24. The molecule has 1 saturated heterocycles. The van der Waals surface area contributed by atoms with Crippen molar-refractivity contribution < 1.29 is 9.32 Å². The molecule has 1 aliphatic carbocycles. The van der Waals surface area contributed by atoms with E-state index < -0.39 is 5.76 Å². The molecule has 2 atom stereocenters. The molecule has 3 heterocycles. The SMILES string of the molecule is O=C([C@@H]1C[C@H]1c1ccsc1)N1CC(c2noc(=O)[nH]2)C1. The molecule has 0 radical (unpaired) electrons. The number of thiophene rings is 1. The molecule has 2 fully saturated rings. The van der Waals surface area contributed by atoms with Crippen molar-refractivity contribution in [3.8, 4) is 0 Å². The number of aromatic nitrogens is 2. The predicted molar refractivity (Wildman–Crippen MR) is 71.6 cm³/mol. The van der Waals surface area contributed by atoms with Gasteiger partial charge in [-0.15, -0.1) is 0 Å². The zero-order valence-corrected chi connectivity index (χ0v) is 11.4. The standard InChI is InChI=1S/C13H13N3O3S/c17-12(10-3-9(10)7-1-2-20-6-7)16-4-8(5-16)11-14-13(18)19-15-11/h1-2,6,8-10H,3-5H2,(H,14,15,18)/t9-,10+/m0/s1. The minimum absolute atomic E-state index is 0.101. The molecule has 0 unspecified atom stereocenters. The van der Waals surface area contributed by atoms with Crippen molar-refractivity contribution in [2.45, 2.75) is 18.3 Å². The minimum atomic E-state index is -0.538. The van der Waals surface area contributed by atoms with Gasteiger partial charge in [-0.05, 0) is 34.7 Å². The lowest BCUT2D eigenvalue weighted by Crippen LogP contribution is -2.49. The summed E-state index contributed by atoms with van der Waals surface area (Å²) in [5.74, 6) is 0.877. The number of amides is 1. The third-order valence-electron chi connectivity index (χ3n) is 4.12. The molecule has 6 nitrogen and oxygen atoms in total. The zero-order chi connectivity index (χ0) is 13.7. The van der Waals surface area contributed by atoms with Crippen LogP contribution in [0, 0.1) is 5.92 Å². The molecule has 0 aromatic carbocycles. The van der Waals surface area contributed by atoms with E-state index in [4.69, 9.17) is 0 Å². The van der Waals surface area contributed by atoms with E-state index in [-0.39, 0.29) is 17.7 Å². The van der Waals surface area contributed by atoms with Gasteiger partial charge in [0.2, 0.25) is 5.91 Å². The Balaban J connectivity index is 1.35. The summed E-state index contributed by atoms with van der Waals surface area (Å²) in [7, 11) is 0. The highest BCUT2D eigenvalue weighted by atomic mass is 32.1. The van der Waals surface area contributed by atoms with Crippen LogP contribution >= 0.6 is 11.3 Å². The van der Waals surface area contributed by atoms with Gasteiger partial charge in [0.15, 0.2) is 5.82 Å². The smallest absolute Gasteiger partial charge is 0.341 e. The average molecular weight is 291 g/mol. The molecule has 4 rings (SSSR count). The van der Waals surface area contributed by atoms with Crippen LogP contribution in [0.2, 0.25) is 0 Å². The lowest BCUT2D eigenvalue weighted by Gasteiger charge is -2.37. The van der Waals surface area contributed by atoms with Gasteiger partial charge in [0.25, 0.3) is 0 Å². The van der Waals surface area contributed by atoms with Gasteiger partial charge in [0.05, 0.1) is 5.92 Å². The number of aromatic amines is 1. The van der Waals surface area contributed by atoms with Crippen molar-refractivity contribution in [3.05, 3.63) is 38.8 Å². The van der Waals surface area contributed by atoms with E-state index in [0.29, 0.717) is 24.8 Å². The van der Waals surface area contributed by atoms with Crippen LogP contribution in [0.25, 0.3) is 0 Å². The number of hydrogen-bond donors (Lipinski definition) is 1. The number of nitrogens with one attached hydrogen (secondary N) is 1. The first-order valence-electron chi connectivity index (χ1n) is 6.59. The molecular weight excluding hydrogens is 278 g/mol. The largest absolute Gasteiger partial charge is 0.438 e. The van der Waals surface area contributed by atoms with Gasteiger partial charge in [0, 0.05) is 19.0 Å². The number of carbonyl (C=O) groups excluding carboxylic acids is 1. The fourth-order valence-corrected chi connectivity index (χ4v) is 3.53. The maximum absolute atomic E-state index is 12.3. The van der Waals surface area contributed by atoms with E-state index in [0.717, 1.165) is 6.42 Å². The van der Waals surface area contributed by atoms with E-state index in [1.807, 2.05) is 4.90 Å². The van der Waals surface area contributed by atoms with Crippen LogP contribution < -0.4 is 5.76 Å². The Morgan fingerprint density at radius 2 is 2.35 bits per heavy atom. The number of nitrogens with zero attached hydrogens (tertiary/aromatic N) is 2. The molecule has 2 aromatic heterocycles. The van der Waals surface area contributed by atoms with Crippen LogP contribution in [0.1, 0.15) is 29.6 Å². The summed E-state index contributed by atoms with van der Waals surface area (Å²) in [4.78, 5) is 27.6. The molecule has 1 amide bonds. The second-order valence-electron chi connectivity index (χ2n) is 5.43. The first-order chi connectivity index (χ1) is 9.72. The molecule has 1 aliphatic heterocycles. The summed E-state index contributed by atoms with van der Waals surface area (Å²) in [6, 6.07) is 2.10. The third-order valence-corrected chi connectivity index (χ3v) is 4.82. The number of likely N-dealkylation sites (tertiary alicyclic amines) is 1. The molecule has 20 heavy (non-hydrogen) atoms. The van der Waals surface area contributed by atoms with E-state index in [2.05, 4.69) is 31.5 Å². The highest BCUT2D eigenvalue weighted by Crippen LogP contribution is 2.49. The third kappa shape index (κ3) is 1.89. The lowest BCUT2D eigenvalue weighted by molar-refractivity contribution is -0.137. The quantitative estimate of drug-likeness (QED) is 0.920. The van der Waals surface area contributed by atoms with Crippen LogP contribution in [-0.2, 0) is 4.79 Å². The van der Waals surface area contributed by atoms with Crippen molar-refractivity contribution in [2.75, 3.05) is 13.1 Å². The van der Waals surface area contributed by atoms with Crippen LogP contribution in [-0.4, -0.2) is 34.0 Å². The van der Waals surface area contributed by atoms with E-state index >= 15 is 0 Å². The Hall–Kier alpha value is -1.89. The summed E-state index contributed by atoms with van der Waals surface area (Å²) in [5, 5.41) is 7.84. The fraction of sp³-hybridized carbons (Fsp3) is 0.462. The lowest BCUT2D eigenvalue weighted by atomic mass is 9.98. The van der Waals surface area contributed by atoms with Crippen molar-refractivity contribution in [1.29, 1.82) is 0 Å². The summed E-state index contributed by atoms with van der Waals surface area (Å²) in [6.07, 6.45) is 0.956. The summed E-state index contributed by atoms with van der Waals surface area (Å²) >= 11 is 1.67. The Kier molecular flexibility index (Phi) is 2.56. The molecule has 0 bridgehead atoms. The molecule has 2 aromatic rings. The topological polar surface area (TPSA) is 79.2 Å². The van der Waals surface area contributed by atoms with Gasteiger partial charge in [-0.2, -0.15) is 11.3 Å².